The SMILES string of the molecule is N#Cc1cccc(C2SCCC(=O)N2CCSCCO)c1. The summed E-state index contributed by atoms with van der Waals surface area (Å²) < 4.78 is 0. The maximum atomic E-state index is 12.2. The summed E-state index contributed by atoms with van der Waals surface area (Å²) in [5.74, 6) is 2.51. The second-order valence-corrected chi connectivity index (χ2v) is 7.05. The fourth-order valence-electron chi connectivity index (χ4n) is 2.23. The van der Waals surface area contributed by atoms with E-state index in [-0.39, 0.29) is 17.9 Å². The molecule has 0 aliphatic carbocycles. The minimum atomic E-state index is -0.00530. The van der Waals surface area contributed by atoms with E-state index in [1.54, 1.807) is 29.6 Å². The maximum Gasteiger partial charge on any atom is 0.224 e. The Kier molecular flexibility index (Phi) is 6.43. The number of aliphatic hydroxyl groups excluding tert-OH is 1. The summed E-state index contributed by atoms with van der Waals surface area (Å²) in [6, 6.07) is 9.64. The number of hydrogen-bond acceptors (Lipinski definition) is 5. The highest BCUT2D eigenvalue weighted by Crippen LogP contribution is 2.37. The highest BCUT2D eigenvalue weighted by molar-refractivity contribution is 7.99. The van der Waals surface area contributed by atoms with Crippen molar-refractivity contribution in [2.75, 3.05) is 30.4 Å². The van der Waals surface area contributed by atoms with Gasteiger partial charge in [-0.15, -0.1) is 11.8 Å². The summed E-state index contributed by atoms with van der Waals surface area (Å²) in [7, 11) is 0. The molecule has 2 rings (SSSR count). The number of nitrogens with zero attached hydrogens (tertiary/aromatic N) is 2. The number of thioether (sulfide) groups is 2. The number of benzene rings is 1. The van der Waals surface area contributed by atoms with Crippen molar-refractivity contribution >= 4 is 29.4 Å². The minimum absolute atomic E-state index is 0.00530. The van der Waals surface area contributed by atoms with E-state index in [2.05, 4.69) is 6.07 Å². The number of carbonyl (C=O) groups is 1. The molecular formula is C15H18N2O2S2. The molecule has 0 bridgehead atoms. The normalized spacial score (nSPS) is 18.6. The number of hydrogen-bond donors (Lipinski definition) is 1. The number of nitriles is 1. The summed E-state index contributed by atoms with van der Waals surface area (Å²) in [6.45, 7) is 0.846. The van der Waals surface area contributed by atoms with Gasteiger partial charge in [0.15, 0.2) is 0 Å². The van der Waals surface area contributed by atoms with Gasteiger partial charge in [-0.2, -0.15) is 17.0 Å². The van der Waals surface area contributed by atoms with Gasteiger partial charge in [-0.05, 0) is 17.7 Å². The fraction of sp³-hybridized carbons (Fsp3) is 0.467. The van der Waals surface area contributed by atoms with E-state index in [0.29, 0.717) is 24.3 Å². The van der Waals surface area contributed by atoms with Crippen LogP contribution in [0, 0.1) is 11.3 Å². The van der Waals surface area contributed by atoms with Gasteiger partial charge in [0, 0.05) is 30.2 Å². The number of rotatable bonds is 6. The molecule has 1 saturated heterocycles. The van der Waals surface area contributed by atoms with E-state index in [1.165, 1.54) is 0 Å². The van der Waals surface area contributed by atoms with Gasteiger partial charge in [0.25, 0.3) is 0 Å². The third-order valence-corrected chi connectivity index (χ3v) is 5.43. The van der Waals surface area contributed by atoms with E-state index in [4.69, 9.17) is 10.4 Å². The van der Waals surface area contributed by atoms with Crippen molar-refractivity contribution in [2.45, 2.75) is 11.8 Å². The Morgan fingerprint density at radius 1 is 1.48 bits per heavy atom. The summed E-state index contributed by atoms with van der Waals surface area (Å²) >= 11 is 3.40. The van der Waals surface area contributed by atoms with Crippen molar-refractivity contribution in [3.63, 3.8) is 0 Å². The maximum absolute atomic E-state index is 12.2. The van der Waals surface area contributed by atoms with E-state index < -0.39 is 0 Å². The third-order valence-electron chi connectivity index (χ3n) is 3.21. The standard InChI is InChI=1S/C15H18N2O2S2/c16-11-12-2-1-3-13(10-12)15-17(5-8-20-9-6-18)14(19)4-7-21-15/h1-3,10,15,18H,4-9H2. The molecule has 0 saturated carbocycles. The zero-order valence-electron chi connectivity index (χ0n) is 11.7. The first kappa shape index (κ1) is 16.2. The first-order valence-electron chi connectivity index (χ1n) is 6.86. The topological polar surface area (TPSA) is 64.3 Å². The molecule has 1 aromatic rings. The molecule has 1 aliphatic heterocycles. The fourth-order valence-corrected chi connectivity index (χ4v) is 4.15. The molecule has 21 heavy (non-hydrogen) atoms. The lowest BCUT2D eigenvalue weighted by Crippen LogP contribution is -2.38. The lowest BCUT2D eigenvalue weighted by molar-refractivity contribution is -0.131. The van der Waals surface area contributed by atoms with Crippen LogP contribution in [0.4, 0.5) is 0 Å². The molecule has 4 nitrogen and oxygen atoms in total. The summed E-state index contributed by atoms with van der Waals surface area (Å²) in [4.78, 5) is 14.1. The van der Waals surface area contributed by atoms with Gasteiger partial charge in [0.1, 0.15) is 5.37 Å². The number of aliphatic hydroxyl groups is 1. The van der Waals surface area contributed by atoms with E-state index in [0.717, 1.165) is 17.1 Å². The first-order chi connectivity index (χ1) is 10.3. The lowest BCUT2D eigenvalue weighted by atomic mass is 10.1. The molecule has 112 valence electrons. The molecule has 1 amide bonds. The zero-order chi connectivity index (χ0) is 15.1. The van der Waals surface area contributed by atoms with Gasteiger partial charge in [-0.1, -0.05) is 12.1 Å². The molecule has 1 N–H and O–H groups in total. The lowest BCUT2D eigenvalue weighted by Gasteiger charge is -2.35. The Balaban J connectivity index is 2.10. The highest BCUT2D eigenvalue weighted by Gasteiger charge is 2.29. The van der Waals surface area contributed by atoms with Crippen molar-refractivity contribution in [1.29, 1.82) is 5.26 Å². The van der Waals surface area contributed by atoms with Crippen LogP contribution in [-0.2, 0) is 4.79 Å². The molecule has 1 aliphatic rings. The van der Waals surface area contributed by atoms with Gasteiger partial charge >= 0.3 is 0 Å². The average molecular weight is 322 g/mol. The molecule has 1 unspecified atom stereocenters. The molecule has 0 radical (unpaired) electrons. The van der Waals surface area contributed by atoms with Gasteiger partial charge in [-0.25, -0.2) is 0 Å². The summed E-state index contributed by atoms with van der Waals surface area (Å²) in [5.41, 5.74) is 1.64. The third kappa shape index (κ3) is 4.40. The summed E-state index contributed by atoms with van der Waals surface area (Å²) in [6.07, 6.45) is 0.573. The molecule has 1 heterocycles. The van der Waals surface area contributed by atoms with E-state index in [1.807, 2.05) is 23.1 Å². The van der Waals surface area contributed by atoms with Crippen LogP contribution in [0.25, 0.3) is 0 Å². The van der Waals surface area contributed by atoms with Crippen LogP contribution < -0.4 is 0 Å². The van der Waals surface area contributed by atoms with E-state index >= 15 is 0 Å². The molecule has 6 heteroatoms. The molecule has 1 fully saturated rings. The van der Waals surface area contributed by atoms with Crippen molar-refractivity contribution in [3.05, 3.63) is 35.4 Å². The molecule has 0 spiro atoms. The zero-order valence-corrected chi connectivity index (χ0v) is 13.3. The molecule has 1 atom stereocenters. The Morgan fingerprint density at radius 2 is 2.33 bits per heavy atom. The monoisotopic (exact) mass is 322 g/mol. The second-order valence-electron chi connectivity index (χ2n) is 4.63. The minimum Gasteiger partial charge on any atom is -0.396 e. The van der Waals surface area contributed by atoms with Crippen LogP contribution in [0.5, 0.6) is 0 Å². The smallest absolute Gasteiger partial charge is 0.224 e. The van der Waals surface area contributed by atoms with Crippen LogP contribution in [0.2, 0.25) is 0 Å². The Bertz CT molecular complexity index is 531. The summed E-state index contributed by atoms with van der Waals surface area (Å²) in [5, 5.41) is 17.8. The van der Waals surface area contributed by atoms with Crippen LogP contribution in [-0.4, -0.2) is 46.3 Å². The number of carbonyl (C=O) groups excluding carboxylic acids is 1. The van der Waals surface area contributed by atoms with Crippen molar-refractivity contribution in [1.82, 2.24) is 4.90 Å². The van der Waals surface area contributed by atoms with Gasteiger partial charge in [0.05, 0.1) is 18.2 Å². The highest BCUT2D eigenvalue weighted by atomic mass is 32.2. The average Bonchev–Trinajstić information content (AvgIpc) is 2.52. The largest absolute Gasteiger partial charge is 0.396 e. The molecule has 0 aromatic heterocycles. The van der Waals surface area contributed by atoms with Crippen LogP contribution in [0.15, 0.2) is 24.3 Å². The molecular weight excluding hydrogens is 304 g/mol. The van der Waals surface area contributed by atoms with E-state index in [9.17, 15) is 4.79 Å². The van der Waals surface area contributed by atoms with Crippen molar-refractivity contribution < 1.29 is 9.90 Å². The van der Waals surface area contributed by atoms with Gasteiger partial charge in [-0.3, -0.25) is 4.79 Å². The predicted molar refractivity (Wildman–Crippen MR) is 87.1 cm³/mol. The first-order valence-corrected chi connectivity index (χ1v) is 9.06. The quantitative estimate of drug-likeness (QED) is 0.814. The second kappa shape index (κ2) is 8.32. The molecule has 1 aromatic carbocycles. The Morgan fingerprint density at radius 3 is 3.10 bits per heavy atom. The van der Waals surface area contributed by atoms with Crippen LogP contribution >= 0.6 is 23.5 Å². The van der Waals surface area contributed by atoms with Crippen molar-refractivity contribution in [2.24, 2.45) is 0 Å². The van der Waals surface area contributed by atoms with Crippen molar-refractivity contribution in [3.8, 4) is 6.07 Å². The Hall–Kier alpha value is -1.16. The number of amides is 1. The van der Waals surface area contributed by atoms with Crippen LogP contribution in [0.3, 0.4) is 0 Å². The van der Waals surface area contributed by atoms with Gasteiger partial charge in [0.2, 0.25) is 5.91 Å². The Labute approximate surface area is 133 Å². The van der Waals surface area contributed by atoms with Crippen LogP contribution in [0.1, 0.15) is 22.9 Å². The van der Waals surface area contributed by atoms with Gasteiger partial charge < -0.3 is 10.0 Å². The predicted octanol–water partition coefficient (Wildman–Crippen LogP) is 2.25.